The SMILES string of the molecule is COC(C)C(=O)CC(=O)N1CCN(C(=O)OC(C)(C)C)CC1. The van der Waals surface area contributed by atoms with Crippen LogP contribution >= 0.6 is 0 Å². The maximum atomic E-state index is 12.0. The smallest absolute Gasteiger partial charge is 0.410 e. The van der Waals surface area contributed by atoms with Crippen LogP contribution in [0.1, 0.15) is 34.1 Å². The second kappa shape index (κ2) is 7.58. The molecule has 2 amide bonds. The molecule has 7 heteroatoms. The van der Waals surface area contributed by atoms with Gasteiger partial charge in [-0.1, -0.05) is 0 Å². The third-order valence-corrected chi connectivity index (χ3v) is 3.42. The summed E-state index contributed by atoms with van der Waals surface area (Å²) in [6.45, 7) is 8.70. The summed E-state index contributed by atoms with van der Waals surface area (Å²) in [7, 11) is 1.44. The van der Waals surface area contributed by atoms with Crippen LogP contribution in [0.5, 0.6) is 0 Å². The first-order valence-electron chi connectivity index (χ1n) is 7.45. The molecule has 1 saturated heterocycles. The minimum Gasteiger partial charge on any atom is -0.444 e. The first-order chi connectivity index (χ1) is 10.1. The molecular formula is C15H26N2O5. The number of ether oxygens (including phenoxy) is 2. The average Bonchev–Trinajstić information content (AvgIpc) is 2.44. The average molecular weight is 314 g/mol. The lowest BCUT2D eigenvalue weighted by Crippen LogP contribution is -2.52. The van der Waals surface area contributed by atoms with E-state index in [9.17, 15) is 14.4 Å². The fourth-order valence-corrected chi connectivity index (χ4v) is 2.00. The molecule has 1 aliphatic rings. The summed E-state index contributed by atoms with van der Waals surface area (Å²) < 4.78 is 10.2. The third kappa shape index (κ3) is 5.63. The number of Topliss-reactive ketones (excluding diaryl/α,β-unsaturated/α-hetero) is 1. The van der Waals surface area contributed by atoms with Crippen molar-refractivity contribution in [2.24, 2.45) is 0 Å². The van der Waals surface area contributed by atoms with Gasteiger partial charge >= 0.3 is 6.09 Å². The molecule has 0 aromatic carbocycles. The lowest BCUT2D eigenvalue weighted by atomic mass is 10.1. The van der Waals surface area contributed by atoms with E-state index in [2.05, 4.69) is 0 Å². The van der Waals surface area contributed by atoms with Gasteiger partial charge in [-0.15, -0.1) is 0 Å². The van der Waals surface area contributed by atoms with E-state index < -0.39 is 11.7 Å². The predicted octanol–water partition coefficient (Wildman–Crippen LogP) is 1.06. The maximum Gasteiger partial charge on any atom is 0.410 e. The normalized spacial score (nSPS) is 17.1. The molecule has 126 valence electrons. The van der Waals surface area contributed by atoms with Crippen molar-refractivity contribution in [3.05, 3.63) is 0 Å². The highest BCUT2D eigenvalue weighted by Crippen LogP contribution is 2.12. The van der Waals surface area contributed by atoms with E-state index in [1.165, 1.54) is 7.11 Å². The molecule has 7 nitrogen and oxygen atoms in total. The molecule has 0 aliphatic carbocycles. The topological polar surface area (TPSA) is 76.2 Å². The summed E-state index contributed by atoms with van der Waals surface area (Å²) >= 11 is 0. The number of nitrogens with zero attached hydrogens (tertiary/aromatic N) is 2. The van der Waals surface area contributed by atoms with Crippen LogP contribution in [0.4, 0.5) is 4.79 Å². The number of hydrogen-bond acceptors (Lipinski definition) is 5. The second-order valence-corrected chi connectivity index (χ2v) is 6.37. The van der Waals surface area contributed by atoms with Gasteiger partial charge in [-0.05, 0) is 27.7 Å². The summed E-state index contributed by atoms with van der Waals surface area (Å²) in [6.07, 6.45) is -1.11. The molecule has 0 spiro atoms. The third-order valence-electron chi connectivity index (χ3n) is 3.42. The van der Waals surface area contributed by atoms with Crippen molar-refractivity contribution < 1.29 is 23.9 Å². The minimum absolute atomic E-state index is 0.165. The highest BCUT2D eigenvalue weighted by atomic mass is 16.6. The zero-order valence-corrected chi connectivity index (χ0v) is 14.0. The molecule has 0 N–H and O–H groups in total. The molecule has 1 atom stereocenters. The molecule has 1 rings (SSSR count). The second-order valence-electron chi connectivity index (χ2n) is 6.37. The van der Waals surface area contributed by atoms with Gasteiger partial charge in [0.25, 0.3) is 0 Å². The molecule has 1 aliphatic heterocycles. The van der Waals surface area contributed by atoms with Gasteiger partial charge < -0.3 is 19.3 Å². The Morgan fingerprint density at radius 2 is 1.55 bits per heavy atom. The number of piperazine rings is 1. The Kier molecular flexibility index (Phi) is 6.34. The Balaban J connectivity index is 2.43. The monoisotopic (exact) mass is 314 g/mol. The maximum absolute atomic E-state index is 12.0. The number of ketones is 1. The molecular weight excluding hydrogens is 288 g/mol. The summed E-state index contributed by atoms with van der Waals surface area (Å²) in [4.78, 5) is 38.9. The summed E-state index contributed by atoms with van der Waals surface area (Å²) in [5, 5.41) is 0. The molecule has 0 aromatic heterocycles. The number of methoxy groups -OCH3 is 1. The van der Waals surface area contributed by atoms with Crippen LogP contribution in [0.2, 0.25) is 0 Å². The molecule has 1 heterocycles. The number of hydrogen-bond donors (Lipinski definition) is 0. The van der Waals surface area contributed by atoms with Gasteiger partial charge in [-0.25, -0.2) is 4.79 Å². The standard InChI is InChI=1S/C15H26N2O5/c1-11(21-5)12(18)10-13(19)16-6-8-17(9-7-16)14(20)22-15(2,3)4/h11H,6-10H2,1-5H3. The van der Waals surface area contributed by atoms with Crippen molar-refractivity contribution in [1.82, 2.24) is 9.80 Å². The van der Waals surface area contributed by atoms with Crippen molar-refractivity contribution in [1.29, 1.82) is 0 Å². The van der Waals surface area contributed by atoms with Crippen LogP contribution in [-0.2, 0) is 19.1 Å². The summed E-state index contributed by atoms with van der Waals surface area (Å²) in [5.74, 6) is -0.459. The number of carbonyl (C=O) groups excluding carboxylic acids is 3. The minimum atomic E-state index is -0.577. The zero-order chi connectivity index (χ0) is 16.9. The summed E-state index contributed by atoms with van der Waals surface area (Å²) in [5.41, 5.74) is -0.535. The Hall–Kier alpha value is -1.63. The zero-order valence-electron chi connectivity index (χ0n) is 14.0. The predicted molar refractivity (Wildman–Crippen MR) is 80.5 cm³/mol. The van der Waals surface area contributed by atoms with Crippen molar-refractivity contribution in [2.45, 2.75) is 45.8 Å². The Labute approximate surface area is 131 Å². The summed E-state index contributed by atoms with van der Waals surface area (Å²) in [6, 6.07) is 0. The van der Waals surface area contributed by atoms with Crippen LogP contribution in [0.25, 0.3) is 0 Å². The number of carbonyl (C=O) groups is 3. The van der Waals surface area contributed by atoms with Crippen LogP contribution in [-0.4, -0.2) is 72.6 Å². The fraction of sp³-hybridized carbons (Fsp3) is 0.800. The first kappa shape index (κ1) is 18.4. The van der Waals surface area contributed by atoms with E-state index in [0.717, 1.165) is 0 Å². The molecule has 22 heavy (non-hydrogen) atoms. The van der Waals surface area contributed by atoms with Crippen LogP contribution in [0.3, 0.4) is 0 Å². The number of rotatable bonds is 4. The van der Waals surface area contributed by atoms with Gasteiger partial charge in [-0.3, -0.25) is 9.59 Å². The van der Waals surface area contributed by atoms with Gasteiger partial charge in [0, 0.05) is 33.3 Å². The van der Waals surface area contributed by atoms with E-state index in [4.69, 9.17) is 9.47 Å². The largest absolute Gasteiger partial charge is 0.444 e. The lowest BCUT2D eigenvalue weighted by Gasteiger charge is -2.35. The highest BCUT2D eigenvalue weighted by Gasteiger charge is 2.28. The highest BCUT2D eigenvalue weighted by molar-refractivity contribution is 6.00. The van der Waals surface area contributed by atoms with Crippen molar-refractivity contribution in [3.8, 4) is 0 Å². The van der Waals surface area contributed by atoms with Gasteiger partial charge in [0.05, 0.1) is 6.42 Å². The van der Waals surface area contributed by atoms with Gasteiger partial charge in [0.2, 0.25) is 5.91 Å². The molecule has 1 fully saturated rings. The lowest BCUT2D eigenvalue weighted by molar-refractivity contribution is -0.140. The first-order valence-corrected chi connectivity index (χ1v) is 7.45. The molecule has 0 saturated carbocycles. The molecule has 1 unspecified atom stereocenters. The van der Waals surface area contributed by atoms with E-state index in [1.807, 2.05) is 20.8 Å². The van der Waals surface area contributed by atoms with E-state index in [-0.39, 0.29) is 24.2 Å². The van der Waals surface area contributed by atoms with E-state index in [0.29, 0.717) is 26.2 Å². The quantitative estimate of drug-likeness (QED) is 0.725. The Bertz CT molecular complexity index is 422. The van der Waals surface area contributed by atoms with Crippen LogP contribution in [0.15, 0.2) is 0 Å². The Morgan fingerprint density at radius 3 is 2.00 bits per heavy atom. The van der Waals surface area contributed by atoms with E-state index in [1.54, 1.807) is 16.7 Å². The molecule has 0 radical (unpaired) electrons. The van der Waals surface area contributed by atoms with Crippen LogP contribution < -0.4 is 0 Å². The van der Waals surface area contributed by atoms with Crippen molar-refractivity contribution in [2.75, 3.05) is 33.3 Å². The number of amides is 2. The van der Waals surface area contributed by atoms with Crippen molar-refractivity contribution >= 4 is 17.8 Å². The van der Waals surface area contributed by atoms with Gasteiger partial charge in [0.1, 0.15) is 11.7 Å². The van der Waals surface area contributed by atoms with Crippen molar-refractivity contribution in [3.63, 3.8) is 0 Å². The fourth-order valence-electron chi connectivity index (χ4n) is 2.00. The van der Waals surface area contributed by atoms with E-state index >= 15 is 0 Å². The Morgan fingerprint density at radius 1 is 1.05 bits per heavy atom. The molecule has 0 aromatic rings. The van der Waals surface area contributed by atoms with Crippen LogP contribution in [0, 0.1) is 0 Å². The van der Waals surface area contributed by atoms with Gasteiger partial charge in [-0.2, -0.15) is 0 Å². The van der Waals surface area contributed by atoms with Gasteiger partial charge in [0.15, 0.2) is 5.78 Å². The molecule has 0 bridgehead atoms.